The molecule has 1 aromatic heterocycles. The highest BCUT2D eigenvalue weighted by atomic mass is 32.1. The second-order valence-corrected chi connectivity index (χ2v) is 4.82. The molecule has 1 rings (SSSR count). The molecule has 2 unspecified atom stereocenters. The summed E-state index contributed by atoms with van der Waals surface area (Å²) in [7, 11) is 0. The van der Waals surface area contributed by atoms with Gasteiger partial charge in [0.1, 0.15) is 0 Å². The molecule has 0 radical (unpaired) electrons. The van der Waals surface area contributed by atoms with E-state index in [0.29, 0.717) is 6.54 Å². The molecular formula is C11H18N2O2S. The summed E-state index contributed by atoms with van der Waals surface area (Å²) in [5.74, 6) is -1.08. The van der Waals surface area contributed by atoms with Crippen LogP contribution in [0.4, 0.5) is 0 Å². The van der Waals surface area contributed by atoms with Crippen molar-refractivity contribution in [3.8, 4) is 0 Å². The van der Waals surface area contributed by atoms with E-state index in [1.165, 1.54) is 4.88 Å². The zero-order valence-corrected chi connectivity index (χ0v) is 10.7. The Morgan fingerprint density at radius 3 is 2.75 bits per heavy atom. The van der Waals surface area contributed by atoms with Crippen LogP contribution in [0.3, 0.4) is 0 Å². The first kappa shape index (κ1) is 13.1. The van der Waals surface area contributed by atoms with E-state index in [-0.39, 0.29) is 12.0 Å². The van der Waals surface area contributed by atoms with Gasteiger partial charge >= 0.3 is 5.97 Å². The first-order valence-electron chi connectivity index (χ1n) is 5.41. The first-order valence-corrected chi connectivity index (χ1v) is 6.29. The summed E-state index contributed by atoms with van der Waals surface area (Å²) in [5.41, 5.74) is 1.81. The van der Waals surface area contributed by atoms with Crippen LogP contribution in [0.1, 0.15) is 31.7 Å². The molecule has 4 nitrogen and oxygen atoms in total. The Morgan fingerprint density at radius 2 is 2.31 bits per heavy atom. The molecule has 1 aromatic rings. The minimum atomic E-state index is -0.741. The number of thiazole rings is 1. The molecule has 5 heteroatoms. The molecule has 0 aliphatic heterocycles. The number of aromatic nitrogens is 1. The molecule has 0 aliphatic carbocycles. The second-order valence-electron chi connectivity index (χ2n) is 3.91. The lowest BCUT2D eigenvalue weighted by atomic mass is 10.1. The van der Waals surface area contributed by atoms with E-state index in [9.17, 15) is 4.79 Å². The minimum absolute atomic E-state index is 0.235. The largest absolute Gasteiger partial charge is 0.481 e. The van der Waals surface area contributed by atoms with Crippen LogP contribution in [0.15, 0.2) is 11.7 Å². The van der Waals surface area contributed by atoms with Crippen LogP contribution >= 0.6 is 11.3 Å². The highest BCUT2D eigenvalue weighted by molar-refractivity contribution is 7.09. The second kappa shape index (κ2) is 5.96. The van der Waals surface area contributed by atoms with Gasteiger partial charge < -0.3 is 5.11 Å². The van der Waals surface area contributed by atoms with Crippen LogP contribution in [-0.2, 0) is 4.79 Å². The minimum Gasteiger partial charge on any atom is -0.481 e. The number of hydrogen-bond donors (Lipinski definition) is 1. The molecule has 0 aliphatic rings. The third-order valence-corrected chi connectivity index (χ3v) is 3.69. The highest BCUT2D eigenvalue weighted by Gasteiger charge is 2.20. The van der Waals surface area contributed by atoms with Crippen molar-refractivity contribution < 1.29 is 9.90 Å². The van der Waals surface area contributed by atoms with Gasteiger partial charge in [-0.2, -0.15) is 0 Å². The van der Waals surface area contributed by atoms with Crippen LogP contribution < -0.4 is 0 Å². The van der Waals surface area contributed by atoms with Gasteiger partial charge in [-0.3, -0.25) is 14.7 Å². The van der Waals surface area contributed by atoms with E-state index in [0.717, 1.165) is 6.54 Å². The number of aliphatic carboxylic acids is 1. The van der Waals surface area contributed by atoms with Gasteiger partial charge in [0.2, 0.25) is 0 Å². The average molecular weight is 242 g/mol. The molecule has 16 heavy (non-hydrogen) atoms. The zero-order chi connectivity index (χ0) is 12.1. The number of carbonyl (C=O) groups is 1. The van der Waals surface area contributed by atoms with E-state index in [1.54, 1.807) is 23.8 Å². The normalized spacial score (nSPS) is 15.0. The summed E-state index contributed by atoms with van der Waals surface area (Å²) in [5, 5.41) is 8.90. The molecule has 90 valence electrons. The Labute approximate surface area is 99.9 Å². The summed E-state index contributed by atoms with van der Waals surface area (Å²) >= 11 is 1.61. The van der Waals surface area contributed by atoms with Gasteiger partial charge in [0.05, 0.1) is 11.4 Å². The van der Waals surface area contributed by atoms with Gasteiger partial charge in [-0.15, -0.1) is 11.3 Å². The summed E-state index contributed by atoms with van der Waals surface area (Å²) in [6, 6.07) is 0.235. The van der Waals surface area contributed by atoms with Crippen molar-refractivity contribution in [1.29, 1.82) is 0 Å². The monoisotopic (exact) mass is 242 g/mol. The quantitative estimate of drug-likeness (QED) is 0.831. The molecule has 0 bridgehead atoms. The van der Waals surface area contributed by atoms with E-state index in [4.69, 9.17) is 5.11 Å². The van der Waals surface area contributed by atoms with Crippen LogP contribution in [0.5, 0.6) is 0 Å². The van der Waals surface area contributed by atoms with Gasteiger partial charge in [-0.1, -0.05) is 13.8 Å². The number of nitrogens with zero attached hydrogens (tertiary/aromatic N) is 2. The lowest BCUT2D eigenvalue weighted by molar-refractivity contribution is -0.141. The number of hydrogen-bond acceptors (Lipinski definition) is 4. The molecule has 0 fully saturated rings. The Kier molecular flexibility index (Phi) is 4.89. The summed E-state index contributed by atoms with van der Waals surface area (Å²) in [4.78, 5) is 18.2. The van der Waals surface area contributed by atoms with E-state index in [1.807, 2.05) is 13.1 Å². The van der Waals surface area contributed by atoms with E-state index >= 15 is 0 Å². The van der Waals surface area contributed by atoms with Gasteiger partial charge in [0.25, 0.3) is 0 Å². The van der Waals surface area contributed by atoms with Crippen molar-refractivity contribution in [3.05, 3.63) is 16.6 Å². The van der Waals surface area contributed by atoms with Crippen molar-refractivity contribution in [2.75, 3.05) is 13.1 Å². The summed E-state index contributed by atoms with van der Waals surface area (Å²) in [6.45, 7) is 7.30. The SMILES string of the molecule is CCN(CC(C)C(=O)O)C(C)c1cncs1. The standard InChI is InChI=1S/C11H18N2O2S/c1-4-13(6-8(2)11(14)15)9(3)10-5-12-7-16-10/h5,7-9H,4,6H2,1-3H3,(H,14,15). The molecular weight excluding hydrogens is 224 g/mol. The van der Waals surface area contributed by atoms with E-state index < -0.39 is 5.97 Å². The van der Waals surface area contributed by atoms with Crippen LogP contribution in [0.25, 0.3) is 0 Å². The summed E-state index contributed by atoms with van der Waals surface area (Å²) < 4.78 is 0. The maximum absolute atomic E-state index is 10.8. The van der Waals surface area contributed by atoms with Crippen LogP contribution in [0, 0.1) is 5.92 Å². The topological polar surface area (TPSA) is 53.4 Å². The molecule has 1 N–H and O–H groups in total. The Morgan fingerprint density at radius 1 is 1.62 bits per heavy atom. The third-order valence-electron chi connectivity index (χ3n) is 2.75. The predicted molar refractivity (Wildman–Crippen MR) is 64.6 cm³/mol. The average Bonchev–Trinajstić information content (AvgIpc) is 2.77. The number of rotatable bonds is 6. The van der Waals surface area contributed by atoms with Crippen LogP contribution in [-0.4, -0.2) is 34.0 Å². The fourth-order valence-corrected chi connectivity index (χ4v) is 2.31. The molecule has 1 heterocycles. The van der Waals surface area contributed by atoms with Gasteiger partial charge in [-0.05, 0) is 13.5 Å². The Bertz CT molecular complexity index is 327. The molecule has 2 atom stereocenters. The van der Waals surface area contributed by atoms with Crippen molar-refractivity contribution in [2.24, 2.45) is 5.92 Å². The lowest BCUT2D eigenvalue weighted by Crippen LogP contribution is -2.33. The van der Waals surface area contributed by atoms with Crippen molar-refractivity contribution in [1.82, 2.24) is 9.88 Å². The van der Waals surface area contributed by atoms with Crippen molar-refractivity contribution in [3.63, 3.8) is 0 Å². The maximum Gasteiger partial charge on any atom is 0.307 e. The van der Waals surface area contributed by atoms with Crippen LogP contribution in [0.2, 0.25) is 0 Å². The smallest absolute Gasteiger partial charge is 0.307 e. The zero-order valence-electron chi connectivity index (χ0n) is 9.88. The maximum atomic E-state index is 10.8. The van der Waals surface area contributed by atoms with E-state index in [2.05, 4.69) is 16.8 Å². The van der Waals surface area contributed by atoms with Gasteiger partial charge in [0, 0.05) is 23.7 Å². The summed E-state index contributed by atoms with van der Waals surface area (Å²) in [6.07, 6.45) is 1.85. The molecule has 0 saturated heterocycles. The van der Waals surface area contributed by atoms with Crippen molar-refractivity contribution in [2.45, 2.75) is 26.8 Å². The van der Waals surface area contributed by atoms with Gasteiger partial charge in [-0.25, -0.2) is 0 Å². The third kappa shape index (κ3) is 3.28. The number of carboxylic acids is 1. The van der Waals surface area contributed by atoms with Gasteiger partial charge in [0.15, 0.2) is 0 Å². The Hall–Kier alpha value is -0.940. The Balaban J connectivity index is 2.64. The number of carboxylic acid groups (broad SMARTS) is 1. The lowest BCUT2D eigenvalue weighted by Gasteiger charge is -2.28. The molecule has 0 aromatic carbocycles. The van der Waals surface area contributed by atoms with Crippen molar-refractivity contribution >= 4 is 17.3 Å². The molecule has 0 saturated carbocycles. The molecule has 0 amide bonds. The fourth-order valence-electron chi connectivity index (χ4n) is 1.60. The highest BCUT2D eigenvalue weighted by Crippen LogP contribution is 2.23. The fraction of sp³-hybridized carbons (Fsp3) is 0.636. The first-order chi connectivity index (χ1) is 7.56. The molecule has 0 spiro atoms. The predicted octanol–water partition coefficient (Wildman–Crippen LogP) is 2.25.